The van der Waals surface area contributed by atoms with Crippen LogP contribution in [0.2, 0.25) is 45.2 Å². The Morgan fingerprint density at radius 2 is 0.783 bits per heavy atom. The fraction of sp³-hybridized carbons (Fsp3) is 0. The molecule has 0 saturated carbocycles. The molecule has 23 heavy (non-hydrogen) atoms. The molecule has 0 aromatic heterocycles. The molecule has 0 bridgehead atoms. The Hall–Kier alpha value is 0.650. The van der Waals surface area contributed by atoms with E-state index >= 15 is 0 Å². The highest BCUT2D eigenvalue weighted by atomic mass is 35.5. The van der Waals surface area contributed by atoms with Gasteiger partial charge < -0.3 is 10.2 Å². The van der Waals surface area contributed by atoms with Crippen LogP contribution in [-0.2, 0) is 0 Å². The van der Waals surface area contributed by atoms with Crippen molar-refractivity contribution in [3.05, 3.63) is 51.3 Å². The highest BCUT2D eigenvalue weighted by Gasteiger charge is 2.18. The average Bonchev–Trinajstić information content (AvgIpc) is 2.53. The summed E-state index contributed by atoms with van der Waals surface area (Å²) < 4.78 is 0. The molecule has 0 unspecified atom stereocenters. The molecule has 0 atom stereocenters. The van der Waals surface area contributed by atoms with Crippen molar-refractivity contribution >= 4 is 104 Å². The molecule has 0 radical (unpaired) electrons. The van der Waals surface area contributed by atoms with Crippen molar-refractivity contribution in [2.45, 2.75) is 0 Å². The molecule has 2 rings (SSSR count). The van der Waals surface area contributed by atoms with E-state index in [0.717, 1.165) is 0 Å². The maximum atomic E-state index is 9.20. The highest BCUT2D eigenvalue weighted by molar-refractivity contribution is 6.55. The average molecular weight is 498 g/mol. The van der Waals surface area contributed by atoms with Crippen LogP contribution in [0.3, 0.4) is 0 Å². The number of halogens is 9. The second kappa shape index (κ2) is 8.84. The normalized spacial score (nSPS) is 10.3. The van der Waals surface area contributed by atoms with Crippen LogP contribution >= 0.6 is 104 Å². The molecule has 2 aromatic carbocycles. The van der Waals surface area contributed by atoms with Crippen molar-refractivity contribution < 1.29 is 10.2 Å². The number of benzene rings is 2. The van der Waals surface area contributed by atoms with E-state index in [2.05, 4.69) is 0 Å². The van der Waals surface area contributed by atoms with Gasteiger partial charge in [-0.05, 0) is 6.07 Å². The number of phenols is 2. The third kappa shape index (κ3) is 4.84. The first-order valence-corrected chi connectivity index (χ1v) is 8.63. The zero-order chi connectivity index (χ0) is 18.1. The van der Waals surface area contributed by atoms with Gasteiger partial charge in [-0.15, -0.1) is 0 Å². The summed E-state index contributed by atoms with van der Waals surface area (Å²) in [6.45, 7) is 0. The van der Waals surface area contributed by atoms with Gasteiger partial charge in [0.1, 0.15) is 15.1 Å². The molecule has 0 aliphatic rings. The molecule has 0 saturated heterocycles. The lowest BCUT2D eigenvalue weighted by Crippen LogP contribution is -1.78. The summed E-state index contributed by atoms with van der Waals surface area (Å²) >= 11 is 50.1. The van der Waals surface area contributed by atoms with Gasteiger partial charge in [0, 0.05) is 0 Å². The Kier molecular flexibility index (Phi) is 8.34. The van der Waals surface area contributed by atoms with Gasteiger partial charge in [-0.2, -0.15) is 0 Å². The standard InChI is InChI=1S/C6HCl5O.C6H2Cl4O/c7-1-2(8)4(10)6(12)5(11)3(1)9;7-2-1-3(8)6(11)5(10)4(2)9/h12H;1,11H. The largest absolute Gasteiger partial charge is 0.505 e. The molecule has 0 heterocycles. The molecule has 0 aliphatic heterocycles. The Balaban J connectivity index is 0.000000231. The second-order valence-electron chi connectivity index (χ2n) is 3.74. The fourth-order valence-electron chi connectivity index (χ4n) is 1.15. The number of hydrogen-bond donors (Lipinski definition) is 2. The van der Waals surface area contributed by atoms with Crippen LogP contribution in [0.15, 0.2) is 6.07 Å². The first kappa shape index (κ1) is 21.7. The minimum Gasteiger partial charge on any atom is -0.505 e. The zero-order valence-corrected chi connectivity index (χ0v) is 17.2. The SMILES string of the molecule is Oc1c(Cl)c(Cl)c(Cl)c(Cl)c1Cl.Oc1c(Cl)cc(Cl)c(Cl)c1Cl. The van der Waals surface area contributed by atoms with E-state index < -0.39 is 0 Å². The third-order valence-electron chi connectivity index (χ3n) is 2.28. The Morgan fingerprint density at radius 1 is 0.435 bits per heavy atom. The van der Waals surface area contributed by atoms with E-state index in [1.165, 1.54) is 6.07 Å². The fourth-order valence-corrected chi connectivity index (χ4v) is 3.19. The van der Waals surface area contributed by atoms with E-state index in [-0.39, 0.29) is 56.7 Å². The van der Waals surface area contributed by atoms with Crippen molar-refractivity contribution in [2.75, 3.05) is 0 Å². The van der Waals surface area contributed by atoms with Gasteiger partial charge in [0.2, 0.25) is 0 Å². The summed E-state index contributed by atoms with van der Waals surface area (Å²) in [5.74, 6) is -0.611. The van der Waals surface area contributed by atoms with Crippen molar-refractivity contribution in [1.29, 1.82) is 0 Å². The molecule has 0 spiro atoms. The number of phenolic OH excluding ortho intramolecular Hbond substituents is 2. The van der Waals surface area contributed by atoms with E-state index in [9.17, 15) is 5.11 Å². The lowest BCUT2D eigenvalue weighted by Gasteiger charge is -2.06. The van der Waals surface area contributed by atoms with Gasteiger partial charge in [0.25, 0.3) is 0 Å². The summed E-state index contributed by atoms with van der Waals surface area (Å²) in [5.41, 5.74) is 0. The topological polar surface area (TPSA) is 40.5 Å². The van der Waals surface area contributed by atoms with Crippen molar-refractivity contribution in [3.63, 3.8) is 0 Å². The van der Waals surface area contributed by atoms with Crippen LogP contribution in [-0.4, -0.2) is 10.2 Å². The quantitative estimate of drug-likeness (QED) is 0.282. The van der Waals surface area contributed by atoms with Gasteiger partial charge in [-0.1, -0.05) is 104 Å². The van der Waals surface area contributed by atoms with Gasteiger partial charge in [-0.25, -0.2) is 0 Å². The molecule has 0 fully saturated rings. The van der Waals surface area contributed by atoms with Gasteiger partial charge in [0.15, 0.2) is 11.5 Å². The summed E-state index contributed by atoms with van der Waals surface area (Å²) in [7, 11) is 0. The van der Waals surface area contributed by atoms with Crippen LogP contribution in [0.1, 0.15) is 0 Å². The van der Waals surface area contributed by atoms with Gasteiger partial charge in [-0.3, -0.25) is 0 Å². The Morgan fingerprint density at radius 3 is 1.22 bits per heavy atom. The zero-order valence-electron chi connectivity index (χ0n) is 10.4. The minimum atomic E-state index is -0.363. The van der Waals surface area contributed by atoms with Crippen LogP contribution in [0, 0.1) is 0 Å². The third-order valence-corrected chi connectivity index (χ3v) is 6.07. The lowest BCUT2D eigenvalue weighted by atomic mass is 10.3. The highest BCUT2D eigenvalue weighted by Crippen LogP contribution is 2.47. The van der Waals surface area contributed by atoms with Crippen LogP contribution in [0.4, 0.5) is 0 Å². The second-order valence-corrected chi connectivity index (χ2v) is 7.20. The van der Waals surface area contributed by atoms with Crippen LogP contribution in [0.5, 0.6) is 11.5 Å². The van der Waals surface area contributed by atoms with E-state index in [0.29, 0.717) is 0 Å². The number of rotatable bonds is 0. The monoisotopic (exact) mass is 494 g/mol. The Labute approximate surface area is 176 Å². The smallest absolute Gasteiger partial charge is 0.155 e. The maximum absolute atomic E-state index is 9.20. The van der Waals surface area contributed by atoms with Crippen LogP contribution in [0.25, 0.3) is 0 Å². The summed E-state index contributed by atoms with van der Waals surface area (Å²) in [5, 5.41) is 18.5. The first-order valence-electron chi connectivity index (χ1n) is 5.23. The summed E-state index contributed by atoms with van der Waals surface area (Å²) in [4.78, 5) is 0. The molecule has 0 aliphatic carbocycles. The van der Waals surface area contributed by atoms with Crippen molar-refractivity contribution in [1.82, 2.24) is 0 Å². The summed E-state index contributed by atoms with van der Waals surface area (Å²) in [6, 6.07) is 1.33. The Bertz CT molecular complexity index is 630. The molecule has 2 nitrogen and oxygen atoms in total. The van der Waals surface area contributed by atoms with Gasteiger partial charge in [0.05, 0.1) is 30.1 Å². The molecule has 0 amide bonds. The van der Waals surface area contributed by atoms with Crippen LogP contribution < -0.4 is 0 Å². The lowest BCUT2D eigenvalue weighted by molar-refractivity contribution is 0.475. The van der Waals surface area contributed by atoms with Gasteiger partial charge >= 0.3 is 0 Å². The molecule has 11 heteroatoms. The number of aromatic hydroxyl groups is 2. The predicted molar refractivity (Wildman–Crippen MR) is 101 cm³/mol. The molecular formula is C12H3Cl9O2. The summed E-state index contributed by atoms with van der Waals surface area (Å²) in [6.07, 6.45) is 0. The van der Waals surface area contributed by atoms with E-state index in [4.69, 9.17) is 110 Å². The van der Waals surface area contributed by atoms with Crippen molar-refractivity contribution in [2.24, 2.45) is 0 Å². The van der Waals surface area contributed by atoms with E-state index in [1.807, 2.05) is 0 Å². The molecule has 126 valence electrons. The number of hydrogen-bond acceptors (Lipinski definition) is 2. The molecule has 2 aromatic rings. The van der Waals surface area contributed by atoms with Crippen molar-refractivity contribution in [3.8, 4) is 11.5 Å². The van der Waals surface area contributed by atoms with E-state index in [1.54, 1.807) is 0 Å². The molecular weight excluding hydrogens is 495 g/mol. The molecule has 2 N–H and O–H groups in total. The minimum absolute atomic E-state index is 0.00904. The maximum Gasteiger partial charge on any atom is 0.155 e. The predicted octanol–water partition coefficient (Wildman–Crippen LogP) is 8.67. The first-order chi connectivity index (χ1) is 10.5.